The fourth-order valence-corrected chi connectivity index (χ4v) is 4.68. The van der Waals surface area contributed by atoms with Gasteiger partial charge in [0.2, 0.25) is 11.8 Å². The molecule has 3 unspecified atom stereocenters. The smallest absolute Gasteiger partial charge is 0.223 e. The molecule has 1 aromatic rings. The third-order valence-corrected chi connectivity index (χ3v) is 6.26. The lowest BCUT2D eigenvalue weighted by Gasteiger charge is -2.41. The van der Waals surface area contributed by atoms with E-state index in [9.17, 15) is 22.8 Å². The van der Waals surface area contributed by atoms with Crippen molar-refractivity contribution in [2.75, 3.05) is 14.1 Å². The van der Waals surface area contributed by atoms with Crippen molar-refractivity contribution in [3.8, 4) is 0 Å². The highest BCUT2D eigenvalue weighted by molar-refractivity contribution is 5.84. The fourth-order valence-electron chi connectivity index (χ4n) is 4.68. The molecular weight excluding hydrogens is 383 g/mol. The molecule has 0 radical (unpaired) electrons. The summed E-state index contributed by atoms with van der Waals surface area (Å²) in [5, 5.41) is 0. The summed E-state index contributed by atoms with van der Waals surface area (Å²) in [5.41, 5.74) is 6.38. The van der Waals surface area contributed by atoms with Gasteiger partial charge in [-0.1, -0.05) is 0 Å². The van der Waals surface area contributed by atoms with Gasteiger partial charge in [0.15, 0.2) is 11.6 Å². The zero-order chi connectivity index (χ0) is 21.3. The molecule has 3 atom stereocenters. The van der Waals surface area contributed by atoms with Gasteiger partial charge in [0.25, 0.3) is 0 Å². The SMILES string of the molecule is CN(C)C(=O)CCC(=O)N1C2CCC1CC(C(N)Cc1cc(F)c(F)cc1F)C2. The monoisotopic (exact) mass is 411 g/mol. The van der Waals surface area contributed by atoms with E-state index in [1.807, 2.05) is 4.90 Å². The summed E-state index contributed by atoms with van der Waals surface area (Å²) in [6.07, 6.45) is 3.70. The molecule has 2 bridgehead atoms. The lowest BCUT2D eigenvalue weighted by molar-refractivity contribution is -0.139. The first-order valence-electron chi connectivity index (χ1n) is 10.1. The average Bonchev–Trinajstić information content (AvgIpc) is 2.93. The van der Waals surface area contributed by atoms with Crippen molar-refractivity contribution in [3.63, 3.8) is 0 Å². The molecule has 1 aromatic carbocycles. The number of halogens is 3. The van der Waals surface area contributed by atoms with Gasteiger partial charge in [-0.3, -0.25) is 9.59 Å². The van der Waals surface area contributed by atoms with E-state index in [-0.39, 0.29) is 54.6 Å². The normalized spacial score (nSPS) is 24.5. The van der Waals surface area contributed by atoms with Crippen LogP contribution in [0.5, 0.6) is 0 Å². The van der Waals surface area contributed by atoms with Crippen LogP contribution < -0.4 is 5.73 Å². The highest BCUT2D eigenvalue weighted by atomic mass is 19.2. The van der Waals surface area contributed by atoms with Crippen molar-refractivity contribution >= 4 is 11.8 Å². The first kappa shape index (κ1) is 21.6. The zero-order valence-electron chi connectivity index (χ0n) is 16.8. The molecule has 5 nitrogen and oxygen atoms in total. The number of amides is 2. The Balaban J connectivity index is 1.60. The van der Waals surface area contributed by atoms with Crippen molar-refractivity contribution < 1.29 is 22.8 Å². The van der Waals surface area contributed by atoms with Crippen molar-refractivity contribution in [2.24, 2.45) is 11.7 Å². The number of nitrogens with two attached hydrogens (primary N) is 1. The molecule has 29 heavy (non-hydrogen) atoms. The largest absolute Gasteiger partial charge is 0.349 e. The van der Waals surface area contributed by atoms with Crippen LogP contribution in [0.2, 0.25) is 0 Å². The van der Waals surface area contributed by atoms with Crippen LogP contribution >= 0.6 is 0 Å². The topological polar surface area (TPSA) is 66.6 Å². The Labute approximate surface area is 169 Å². The number of hydrogen-bond donors (Lipinski definition) is 1. The molecule has 0 spiro atoms. The standard InChI is InChI=1S/C21H28F3N3O2/c1-26(2)20(28)5-6-21(29)27-14-3-4-15(27)8-13(7-14)19(25)10-12-9-17(23)18(24)11-16(12)22/h9,11,13-15,19H,3-8,10,25H2,1-2H3. The molecule has 0 saturated carbocycles. The quantitative estimate of drug-likeness (QED) is 0.732. The summed E-state index contributed by atoms with van der Waals surface area (Å²) in [5.74, 6) is -3.09. The second-order valence-electron chi connectivity index (χ2n) is 8.43. The number of piperidine rings is 1. The Bertz CT molecular complexity index is 773. The highest BCUT2D eigenvalue weighted by Crippen LogP contribution is 2.40. The number of carbonyl (C=O) groups excluding carboxylic acids is 2. The van der Waals surface area contributed by atoms with Crippen molar-refractivity contribution in [2.45, 2.75) is 63.1 Å². The van der Waals surface area contributed by atoms with E-state index in [4.69, 9.17) is 5.73 Å². The Kier molecular flexibility index (Phi) is 6.51. The molecule has 2 heterocycles. The predicted molar refractivity (Wildman–Crippen MR) is 102 cm³/mol. The van der Waals surface area contributed by atoms with Crippen LogP contribution in [0, 0.1) is 23.4 Å². The lowest BCUT2D eigenvalue weighted by Crippen LogP contribution is -2.50. The summed E-state index contributed by atoms with van der Waals surface area (Å²) in [6, 6.07) is 1.17. The van der Waals surface area contributed by atoms with Crippen LogP contribution in [0.3, 0.4) is 0 Å². The molecule has 0 aliphatic carbocycles. The average molecular weight is 411 g/mol. The number of carbonyl (C=O) groups is 2. The van der Waals surface area contributed by atoms with E-state index in [1.165, 1.54) is 4.90 Å². The molecule has 3 rings (SSSR count). The van der Waals surface area contributed by atoms with Gasteiger partial charge in [0, 0.05) is 51.1 Å². The summed E-state index contributed by atoms with van der Waals surface area (Å²) < 4.78 is 40.5. The molecule has 2 N–H and O–H groups in total. The Morgan fingerprint density at radius 1 is 1.07 bits per heavy atom. The maximum absolute atomic E-state index is 14.0. The first-order chi connectivity index (χ1) is 13.7. The second-order valence-corrected chi connectivity index (χ2v) is 8.43. The van der Waals surface area contributed by atoms with Crippen LogP contribution in [0.4, 0.5) is 13.2 Å². The maximum Gasteiger partial charge on any atom is 0.223 e. The minimum absolute atomic E-state index is 0.00799. The van der Waals surface area contributed by atoms with Crippen LogP contribution in [0.15, 0.2) is 12.1 Å². The van der Waals surface area contributed by atoms with Crippen molar-refractivity contribution in [3.05, 3.63) is 35.1 Å². The molecule has 8 heteroatoms. The molecule has 2 saturated heterocycles. The van der Waals surface area contributed by atoms with Gasteiger partial charge in [-0.2, -0.15) is 0 Å². The van der Waals surface area contributed by atoms with Crippen LogP contribution in [0.25, 0.3) is 0 Å². The van der Waals surface area contributed by atoms with Gasteiger partial charge in [-0.15, -0.1) is 0 Å². The van der Waals surface area contributed by atoms with Gasteiger partial charge in [-0.05, 0) is 49.7 Å². The Morgan fingerprint density at radius 3 is 2.24 bits per heavy atom. The number of fused-ring (bicyclic) bond motifs is 2. The third kappa shape index (κ3) is 4.74. The molecule has 2 aliphatic heterocycles. The number of hydrogen-bond acceptors (Lipinski definition) is 3. The van der Waals surface area contributed by atoms with Crippen molar-refractivity contribution in [1.29, 1.82) is 0 Å². The van der Waals surface area contributed by atoms with Gasteiger partial charge < -0.3 is 15.5 Å². The van der Waals surface area contributed by atoms with Gasteiger partial charge in [0.05, 0.1) is 0 Å². The third-order valence-electron chi connectivity index (χ3n) is 6.26. The highest BCUT2D eigenvalue weighted by Gasteiger charge is 2.44. The summed E-state index contributed by atoms with van der Waals surface area (Å²) in [7, 11) is 3.33. The van der Waals surface area contributed by atoms with E-state index in [2.05, 4.69) is 0 Å². The van der Waals surface area contributed by atoms with E-state index in [0.717, 1.165) is 18.9 Å². The van der Waals surface area contributed by atoms with E-state index >= 15 is 0 Å². The minimum atomic E-state index is -1.21. The Hall–Kier alpha value is -2.09. The number of nitrogens with zero attached hydrogens (tertiary/aromatic N) is 2. The van der Waals surface area contributed by atoms with Crippen LogP contribution in [0.1, 0.15) is 44.1 Å². The fraction of sp³-hybridized carbons (Fsp3) is 0.619. The zero-order valence-corrected chi connectivity index (χ0v) is 16.8. The van der Waals surface area contributed by atoms with E-state index in [1.54, 1.807) is 14.1 Å². The number of rotatable bonds is 6. The minimum Gasteiger partial charge on any atom is -0.349 e. The van der Waals surface area contributed by atoms with Crippen LogP contribution in [-0.2, 0) is 16.0 Å². The summed E-state index contributed by atoms with van der Waals surface area (Å²) in [4.78, 5) is 27.8. The maximum atomic E-state index is 14.0. The second kappa shape index (κ2) is 8.73. The summed E-state index contributed by atoms with van der Waals surface area (Å²) in [6.45, 7) is 0. The molecule has 2 aliphatic rings. The predicted octanol–water partition coefficient (Wildman–Crippen LogP) is 2.61. The molecule has 0 aromatic heterocycles. The summed E-state index contributed by atoms with van der Waals surface area (Å²) >= 11 is 0. The lowest BCUT2D eigenvalue weighted by atomic mass is 9.82. The van der Waals surface area contributed by atoms with Gasteiger partial charge in [-0.25, -0.2) is 13.2 Å². The van der Waals surface area contributed by atoms with Gasteiger partial charge in [0.1, 0.15) is 5.82 Å². The van der Waals surface area contributed by atoms with E-state index in [0.29, 0.717) is 18.9 Å². The molecule has 2 amide bonds. The molecular formula is C21H28F3N3O2. The van der Waals surface area contributed by atoms with E-state index < -0.39 is 23.5 Å². The Morgan fingerprint density at radius 2 is 1.66 bits per heavy atom. The molecule has 160 valence electrons. The van der Waals surface area contributed by atoms with Gasteiger partial charge >= 0.3 is 0 Å². The first-order valence-corrected chi connectivity index (χ1v) is 10.1. The van der Waals surface area contributed by atoms with Crippen molar-refractivity contribution in [1.82, 2.24) is 9.80 Å². The van der Waals surface area contributed by atoms with Crippen LogP contribution in [-0.4, -0.2) is 53.8 Å². The number of benzene rings is 1. The molecule has 2 fully saturated rings.